The van der Waals surface area contributed by atoms with Crippen LogP contribution in [-0.2, 0) is 10.0 Å². The smallest absolute Gasteiger partial charge is 0.211 e. The molecule has 0 spiro atoms. The molecule has 0 saturated heterocycles. The van der Waals surface area contributed by atoms with E-state index in [2.05, 4.69) is 4.72 Å². The van der Waals surface area contributed by atoms with Crippen LogP contribution in [0.3, 0.4) is 0 Å². The number of sulfonamides is 1. The van der Waals surface area contributed by atoms with Crippen LogP contribution in [0.1, 0.15) is 31.4 Å². The number of hydrogen-bond acceptors (Lipinski definition) is 5. The number of ether oxygens (including phenoxy) is 2. The Morgan fingerprint density at radius 2 is 2.09 bits per heavy atom. The molecule has 0 aliphatic carbocycles. The van der Waals surface area contributed by atoms with Crippen LogP contribution in [0.4, 0.5) is 0 Å². The number of aliphatic hydroxyl groups is 1. The molecular formula is C14H20ClNO5S. The normalized spacial score (nSPS) is 15.6. The minimum Gasteiger partial charge on any atom is -0.486 e. The van der Waals surface area contributed by atoms with Crippen molar-refractivity contribution in [2.75, 3.05) is 25.5 Å². The third kappa shape index (κ3) is 4.49. The van der Waals surface area contributed by atoms with E-state index >= 15 is 0 Å². The van der Waals surface area contributed by atoms with Crippen molar-refractivity contribution < 1.29 is 23.0 Å². The molecule has 22 heavy (non-hydrogen) atoms. The summed E-state index contributed by atoms with van der Waals surface area (Å²) in [5.41, 5.74) is 0.479. The summed E-state index contributed by atoms with van der Waals surface area (Å²) in [5, 5.41) is 10.5. The standard InChI is InChI=1S/C14H20ClNO5S/c1-2-3-6-22(18,19)16-9-12(17)10-7-11(15)14-13(8-10)20-4-5-21-14/h7-8,12,16-17H,2-6,9H2,1H3. The predicted molar refractivity (Wildman–Crippen MR) is 84.1 cm³/mol. The maximum atomic E-state index is 11.7. The molecule has 1 heterocycles. The Hall–Kier alpha value is -1.02. The van der Waals surface area contributed by atoms with Crippen molar-refractivity contribution >= 4 is 21.6 Å². The summed E-state index contributed by atoms with van der Waals surface area (Å²) in [6.07, 6.45) is 0.368. The van der Waals surface area contributed by atoms with Gasteiger partial charge in [0, 0.05) is 6.54 Å². The van der Waals surface area contributed by atoms with Crippen LogP contribution in [0.15, 0.2) is 12.1 Å². The van der Waals surface area contributed by atoms with Crippen LogP contribution in [0.2, 0.25) is 5.02 Å². The molecule has 0 bridgehead atoms. The molecule has 2 rings (SSSR count). The fraction of sp³-hybridized carbons (Fsp3) is 0.571. The minimum atomic E-state index is -3.37. The molecule has 1 aliphatic heterocycles. The highest BCUT2D eigenvalue weighted by Gasteiger charge is 2.20. The van der Waals surface area contributed by atoms with Crippen molar-refractivity contribution in [1.29, 1.82) is 0 Å². The van der Waals surface area contributed by atoms with Gasteiger partial charge in [0.25, 0.3) is 0 Å². The fourth-order valence-corrected chi connectivity index (χ4v) is 3.55. The van der Waals surface area contributed by atoms with Gasteiger partial charge in [0.05, 0.1) is 16.9 Å². The van der Waals surface area contributed by atoms with Crippen LogP contribution in [-0.4, -0.2) is 39.0 Å². The van der Waals surface area contributed by atoms with Gasteiger partial charge in [-0.1, -0.05) is 24.9 Å². The molecule has 1 aliphatic rings. The third-order valence-electron chi connectivity index (χ3n) is 3.27. The summed E-state index contributed by atoms with van der Waals surface area (Å²) in [6.45, 7) is 2.64. The van der Waals surface area contributed by atoms with Gasteiger partial charge in [-0.25, -0.2) is 13.1 Å². The highest BCUT2D eigenvalue weighted by atomic mass is 35.5. The molecule has 0 aromatic heterocycles. The molecule has 8 heteroatoms. The van der Waals surface area contributed by atoms with Gasteiger partial charge in [-0.2, -0.15) is 0 Å². The van der Waals surface area contributed by atoms with Gasteiger partial charge in [-0.15, -0.1) is 0 Å². The SMILES string of the molecule is CCCCS(=O)(=O)NCC(O)c1cc(Cl)c2c(c1)OCCO2. The van der Waals surface area contributed by atoms with E-state index in [0.29, 0.717) is 41.7 Å². The zero-order valence-corrected chi connectivity index (χ0v) is 13.9. The number of rotatable bonds is 7. The van der Waals surface area contributed by atoms with E-state index in [4.69, 9.17) is 21.1 Å². The first-order valence-corrected chi connectivity index (χ1v) is 9.20. The van der Waals surface area contributed by atoms with E-state index in [9.17, 15) is 13.5 Å². The molecule has 2 N–H and O–H groups in total. The molecule has 1 unspecified atom stereocenters. The molecule has 0 amide bonds. The maximum absolute atomic E-state index is 11.7. The van der Waals surface area contributed by atoms with Crippen molar-refractivity contribution in [2.45, 2.75) is 25.9 Å². The number of halogens is 1. The topological polar surface area (TPSA) is 84.9 Å². The maximum Gasteiger partial charge on any atom is 0.211 e. The molecule has 1 aromatic carbocycles. The first kappa shape index (κ1) is 17.3. The second-order valence-electron chi connectivity index (χ2n) is 5.06. The molecular weight excluding hydrogens is 330 g/mol. The number of nitrogens with one attached hydrogen (secondary N) is 1. The Labute approximate surface area is 135 Å². The number of hydrogen-bond donors (Lipinski definition) is 2. The van der Waals surface area contributed by atoms with Crippen LogP contribution in [0, 0.1) is 0 Å². The summed E-state index contributed by atoms with van der Waals surface area (Å²) in [5.74, 6) is 0.965. The van der Waals surface area contributed by atoms with Gasteiger partial charge in [0.1, 0.15) is 13.2 Å². The number of aliphatic hydroxyl groups excluding tert-OH is 1. The molecule has 6 nitrogen and oxygen atoms in total. The molecule has 1 atom stereocenters. The van der Waals surface area contributed by atoms with Crippen molar-refractivity contribution in [3.05, 3.63) is 22.7 Å². The Morgan fingerprint density at radius 1 is 1.36 bits per heavy atom. The van der Waals surface area contributed by atoms with E-state index < -0.39 is 16.1 Å². The summed E-state index contributed by atoms with van der Waals surface area (Å²) in [6, 6.07) is 3.17. The average Bonchev–Trinajstić information content (AvgIpc) is 2.51. The van der Waals surface area contributed by atoms with Gasteiger partial charge in [0.15, 0.2) is 11.5 Å². The lowest BCUT2D eigenvalue weighted by Crippen LogP contribution is -2.30. The van der Waals surface area contributed by atoms with E-state index in [1.165, 1.54) is 0 Å². The molecule has 124 valence electrons. The van der Waals surface area contributed by atoms with Crippen LogP contribution < -0.4 is 14.2 Å². The lowest BCUT2D eigenvalue weighted by Gasteiger charge is -2.21. The highest BCUT2D eigenvalue weighted by molar-refractivity contribution is 7.89. The van der Waals surface area contributed by atoms with Crippen molar-refractivity contribution in [1.82, 2.24) is 4.72 Å². The summed E-state index contributed by atoms with van der Waals surface area (Å²) in [4.78, 5) is 0. The highest BCUT2D eigenvalue weighted by Crippen LogP contribution is 2.39. The van der Waals surface area contributed by atoms with Crippen molar-refractivity contribution in [3.8, 4) is 11.5 Å². The first-order valence-electron chi connectivity index (χ1n) is 7.17. The second-order valence-corrected chi connectivity index (χ2v) is 7.40. The fourth-order valence-electron chi connectivity index (χ4n) is 2.05. The van der Waals surface area contributed by atoms with Gasteiger partial charge in [-0.05, 0) is 24.1 Å². The van der Waals surface area contributed by atoms with Gasteiger partial charge >= 0.3 is 0 Å². The summed E-state index contributed by atoms with van der Waals surface area (Å²) in [7, 11) is -3.37. The number of fused-ring (bicyclic) bond motifs is 1. The molecule has 0 saturated carbocycles. The predicted octanol–water partition coefficient (Wildman–Crippen LogP) is 1.86. The number of benzene rings is 1. The van der Waals surface area contributed by atoms with E-state index in [-0.39, 0.29) is 12.3 Å². The van der Waals surface area contributed by atoms with E-state index in [1.807, 2.05) is 6.92 Å². The van der Waals surface area contributed by atoms with Gasteiger partial charge in [-0.3, -0.25) is 0 Å². The number of unbranched alkanes of at least 4 members (excludes halogenated alkanes) is 1. The van der Waals surface area contributed by atoms with Crippen molar-refractivity contribution in [2.24, 2.45) is 0 Å². The molecule has 0 radical (unpaired) electrons. The minimum absolute atomic E-state index is 0.0537. The first-order chi connectivity index (χ1) is 10.4. The molecule has 1 aromatic rings. The zero-order valence-electron chi connectivity index (χ0n) is 12.3. The van der Waals surface area contributed by atoms with Crippen LogP contribution in [0.5, 0.6) is 11.5 Å². The average molecular weight is 350 g/mol. The Bertz CT molecular complexity index is 620. The van der Waals surface area contributed by atoms with Gasteiger partial charge < -0.3 is 14.6 Å². The van der Waals surface area contributed by atoms with Crippen molar-refractivity contribution in [3.63, 3.8) is 0 Å². The quantitative estimate of drug-likeness (QED) is 0.785. The lowest BCUT2D eigenvalue weighted by atomic mass is 10.1. The third-order valence-corrected chi connectivity index (χ3v) is 4.98. The lowest BCUT2D eigenvalue weighted by molar-refractivity contribution is 0.165. The Balaban J connectivity index is 2.04. The largest absolute Gasteiger partial charge is 0.486 e. The van der Waals surface area contributed by atoms with Crippen LogP contribution in [0.25, 0.3) is 0 Å². The van der Waals surface area contributed by atoms with Gasteiger partial charge in [0.2, 0.25) is 10.0 Å². The Kier molecular flexibility index (Phi) is 5.91. The summed E-state index contributed by atoms with van der Waals surface area (Å²) < 4.78 is 36.7. The second kappa shape index (κ2) is 7.50. The van der Waals surface area contributed by atoms with E-state index in [1.54, 1.807) is 12.1 Å². The monoisotopic (exact) mass is 349 g/mol. The zero-order chi connectivity index (χ0) is 16.2. The van der Waals surface area contributed by atoms with E-state index in [0.717, 1.165) is 6.42 Å². The van der Waals surface area contributed by atoms with Crippen LogP contribution >= 0.6 is 11.6 Å². The Morgan fingerprint density at radius 3 is 2.82 bits per heavy atom. The summed E-state index contributed by atoms with van der Waals surface area (Å²) >= 11 is 6.10. The molecule has 0 fully saturated rings.